The fourth-order valence-corrected chi connectivity index (χ4v) is 3.69. The van der Waals surface area contributed by atoms with Crippen LogP contribution in [0.4, 0.5) is 0 Å². The summed E-state index contributed by atoms with van der Waals surface area (Å²) in [4.78, 5) is 24.5. The lowest BCUT2D eigenvalue weighted by Crippen LogP contribution is -2.42. The molecule has 0 saturated heterocycles. The third kappa shape index (κ3) is 5.06. The summed E-state index contributed by atoms with van der Waals surface area (Å²) in [6, 6.07) is 21.7. The number of benzene rings is 3. The average molecular weight is 443 g/mol. The van der Waals surface area contributed by atoms with Crippen LogP contribution in [0.1, 0.15) is 28.6 Å². The molecule has 1 amide bonds. The van der Waals surface area contributed by atoms with Crippen LogP contribution in [0, 0.1) is 0 Å². The van der Waals surface area contributed by atoms with E-state index in [2.05, 4.69) is 36.5 Å². The summed E-state index contributed by atoms with van der Waals surface area (Å²) >= 11 is 0. The van der Waals surface area contributed by atoms with Crippen molar-refractivity contribution in [2.24, 2.45) is 0 Å². The Morgan fingerprint density at radius 2 is 1.58 bits per heavy atom. The molecule has 33 heavy (non-hydrogen) atoms. The summed E-state index contributed by atoms with van der Waals surface area (Å²) in [5.41, 5.74) is 4.76. The second-order valence-electron chi connectivity index (χ2n) is 7.83. The minimum atomic E-state index is -1.11. The number of carbonyl (C=O) groups excluding carboxylic acids is 1. The van der Waals surface area contributed by atoms with Gasteiger partial charge in [-0.25, -0.2) is 4.79 Å². The Hall–Kier alpha value is -4.06. The summed E-state index contributed by atoms with van der Waals surface area (Å²) in [5.74, 6) is -0.996. The number of hydrogen-bond donors (Lipinski definition) is 2. The Labute approximate surface area is 191 Å². The van der Waals surface area contributed by atoms with Crippen molar-refractivity contribution in [3.05, 3.63) is 89.7 Å². The number of ether oxygens (including phenoxy) is 1. The first-order valence-corrected chi connectivity index (χ1v) is 10.8. The van der Waals surface area contributed by atoms with Gasteiger partial charge in [0.05, 0.1) is 7.11 Å². The van der Waals surface area contributed by atoms with E-state index in [4.69, 9.17) is 9.15 Å². The number of aliphatic carboxylic acids is 1. The predicted octanol–water partition coefficient (Wildman–Crippen LogP) is 5.10. The molecule has 1 aromatic heterocycles. The van der Waals surface area contributed by atoms with Crippen LogP contribution in [-0.2, 0) is 17.6 Å². The molecule has 0 radical (unpaired) electrons. The maximum atomic E-state index is 12.7. The molecule has 0 bridgehead atoms. The number of fused-ring (bicyclic) bond motifs is 1. The molecule has 6 heteroatoms. The number of furan rings is 1. The van der Waals surface area contributed by atoms with E-state index in [-0.39, 0.29) is 12.2 Å². The fraction of sp³-hybridized carbons (Fsp3) is 0.185. The maximum Gasteiger partial charge on any atom is 0.326 e. The number of amides is 1. The van der Waals surface area contributed by atoms with Gasteiger partial charge in [0.2, 0.25) is 0 Å². The van der Waals surface area contributed by atoms with Gasteiger partial charge in [-0.2, -0.15) is 0 Å². The van der Waals surface area contributed by atoms with E-state index in [0.717, 1.165) is 23.1 Å². The van der Waals surface area contributed by atoms with Gasteiger partial charge in [0.1, 0.15) is 17.4 Å². The van der Waals surface area contributed by atoms with E-state index in [0.29, 0.717) is 16.7 Å². The lowest BCUT2D eigenvalue weighted by atomic mass is 9.99. The molecule has 0 aliphatic rings. The van der Waals surface area contributed by atoms with E-state index in [1.54, 1.807) is 31.4 Å². The Morgan fingerprint density at radius 3 is 2.15 bits per heavy atom. The van der Waals surface area contributed by atoms with Gasteiger partial charge in [-0.05, 0) is 52.9 Å². The van der Waals surface area contributed by atoms with Crippen molar-refractivity contribution < 1.29 is 23.8 Å². The van der Waals surface area contributed by atoms with Crippen LogP contribution in [0.3, 0.4) is 0 Å². The number of carboxylic acid groups (broad SMARTS) is 1. The molecular formula is C27H25NO5. The van der Waals surface area contributed by atoms with Crippen molar-refractivity contribution >= 4 is 22.8 Å². The smallest absolute Gasteiger partial charge is 0.326 e. The number of hydrogen-bond acceptors (Lipinski definition) is 4. The van der Waals surface area contributed by atoms with E-state index in [9.17, 15) is 14.7 Å². The second-order valence-corrected chi connectivity index (χ2v) is 7.83. The van der Waals surface area contributed by atoms with Gasteiger partial charge in [0.25, 0.3) is 5.91 Å². The summed E-state index contributed by atoms with van der Waals surface area (Å²) in [6.45, 7) is 2.12. The second kappa shape index (κ2) is 9.61. The van der Waals surface area contributed by atoms with Gasteiger partial charge < -0.3 is 19.6 Å². The zero-order valence-corrected chi connectivity index (χ0v) is 18.5. The Bertz CT molecular complexity index is 1270. The zero-order chi connectivity index (χ0) is 23.4. The van der Waals surface area contributed by atoms with Crippen molar-refractivity contribution in [2.75, 3.05) is 7.11 Å². The summed E-state index contributed by atoms with van der Waals surface area (Å²) < 4.78 is 10.8. The van der Waals surface area contributed by atoms with Crippen LogP contribution < -0.4 is 10.1 Å². The summed E-state index contributed by atoms with van der Waals surface area (Å²) in [5, 5.41) is 12.9. The number of methoxy groups -OCH3 is 1. The predicted molar refractivity (Wildman–Crippen MR) is 127 cm³/mol. The van der Waals surface area contributed by atoms with Gasteiger partial charge in [-0.1, -0.05) is 55.5 Å². The van der Waals surface area contributed by atoms with Crippen LogP contribution in [0.5, 0.6) is 5.75 Å². The minimum absolute atomic E-state index is 0.0513. The standard InChI is InChI=1S/C27H25NO5/c1-3-17-4-8-19(9-5-17)20-10-6-18(7-11-20)14-23(27(30)31)28-26(29)25-16-21-15-22(32-2)12-13-24(21)33-25/h4-13,15-16,23H,3,14H2,1-2H3,(H,28,29)(H,30,31). The Kier molecular flexibility index (Phi) is 6.45. The molecule has 6 nitrogen and oxygen atoms in total. The first-order chi connectivity index (χ1) is 16.0. The summed E-state index contributed by atoms with van der Waals surface area (Å²) in [7, 11) is 1.56. The van der Waals surface area contributed by atoms with Crippen molar-refractivity contribution in [1.29, 1.82) is 0 Å². The minimum Gasteiger partial charge on any atom is -0.497 e. The highest BCUT2D eigenvalue weighted by Gasteiger charge is 2.23. The maximum absolute atomic E-state index is 12.7. The van der Waals surface area contributed by atoms with Gasteiger partial charge >= 0.3 is 5.97 Å². The fourth-order valence-electron chi connectivity index (χ4n) is 3.69. The Morgan fingerprint density at radius 1 is 0.939 bits per heavy atom. The number of nitrogens with one attached hydrogen (secondary N) is 1. The molecule has 0 spiro atoms. The molecule has 0 fully saturated rings. The van der Waals surface area contributed by atoms with Crippen molar-refractivity contribution in [3.63, 3.8) is 0 Å². The van der Waals surface area contributed by atoms with E-state index < -0.39 is 17.9 Å². The monoisotopic (exact) mass is 443 g/mol. The van der Waals surface area contributed by atoms with Crippen molar-refractivity contribution in [1.82, 2.24) is 5.32 Å². The largest absolute Gasteiger partial charge is 0.497 e. The topological polar surface area (TPSA) is 88.8 Å². The first-order valence-electron chi connectivity index (χ1n) is 10.8. The van der Waals surface area contributed by atoms with Crippen LogP contribution in [0.15, 0.2) is 77.2 Å². The average Bonchev–Trinajstić information content (AvgIpc) is 3.27. The molecule has 1 atom stereocenters. The third-order valence-electron chi connectivity index (χ3n) is 5.64. The normalized spacial score (nSPS) is 11.8. The highest BCUT2D eigenvalue weighted by molar-refractivity contribution is 5.98. The van der Waals surface area contributed by atoms with Gasteiger partial charge in [-0.3, -0.25) is 4.79 Å². The number of carbonyl (C=O) groups is 2. The molecule has 3 aromatic carbocycles. The van der Waals surface area contributed by atoms with Gasteiger partial charge in [0.15, 0.2) is 5.76 Å². The van der Waals surface area contributed by atoms with Gasteiger partial charge in [0, 0.05) is 11.8 Å². The molecule has 2 N–H and O–H groups in total. The number of aryl methyl sites for hydroxylation is 1. The van der Waals surface area contributed by atoms with Crippen LogP contribution in [0.2, 0.25) is 0 Å². The summed E-state index contributed by atoms with van der Waals surface area (Å²) in [6.07, 6.45) is 1.15. The lowest BCUT2D eigenvalue weighted by molar-refractivity contribution is -0.139. The quantitative estimate of drug-likeness (QED) is 0.396. The molecule has 0 aliphatic carbocycles. The van der Waals surface area contributed by atoms with Crippen molar-refractivity contribution in [3.8, 4) is 16.9 Å². The molecular weight excluding hydrogens is 418 g/mol. The van der Waals surface area contributed by atoms with Crippen LogP contribution >= 0.6 is 0 Å². The first kappa shape index (κ1) is 22.1. The molecule has 4 rings (SSSR count). The van der Waals surface area contributed by atoms with Gasteiger partial charge in [-0.15, -0.1) is 0 Å². The third-order valence-corrected chi connectivity index (χ3v) is 5.64. The number of rotatable bonds is 8. The molecule has 1 unspecified atom stereocenters. The van der Waals surface area contributed by atoms with Crippen LogP contribution in [-0.4, -0.2) is 30.1 Å². The van der Waals surface area contributed by atoms with E-state index >= 15 is 0 Å². The molecule has 1 heterocycles. The highest BCUT2D eigenvalue weighted by Crippen LogP contribution is 2.25. The van der Waals surface area contributed by atoms with E-state index in [1.807, 2.05) is 24.3 Å². The van der Waals surface area contributed by atoms with E-state index in [1.165, 1.54) is 5.56 Å². The Balaban J connectivity index is 1.46. The highest BCUT2D eigenvalue weighted by atomic mass is 16.5. The zero-order valence-electron chi connectivity index (χ0n) is 18.5. The SMILES string of the molecule is CCc1ccc(-c2ccc(CC(NC(=O)c3cc4cc(OC)ccc4o3)C(=O)O)cc2)cc1. The van der Waals surface area contributed by atoms with Crippen molar-refractivity contribution in [2.45, 2.75) is 25.8 Å². The molecule has 4 aromatic rings. The molecule has 0 aliphatic heterocycles. The molecule has 0 saturated carbocycles. The molecule has 168 valence electrons. The lowest BCUT2D eigenvalue weighted by Gasteiger charge is -2.14. The number of carboxylic acids is 1. The van der Waals surface area contributed by atoms with Crippen LogP contribution in [0.25, 0.3) is 22.1 Å².